The molecule has 4 aromatic rings. The predicted octanol–water partition coefficient (Wildman–Crippen LogP) is 5.52. The molecule has 31 heavy (non-hydrogen) atoms. The Morgan fingerprint density at radius 3 is 2.55 bits per heavy atom. The van der Waals surface area contributed by atoms with Crippen LogP contribution in [-0.4, -0.2) is 22.4 Å². The van der Waals surface area contributed by atoms with Gasteiger partial charge in [0, 0.05) is 29.2 Å². The van der Waals surface area contributed by atoms with E-state index in [4.69, 9.17) is 9.47 Å². The number of aromatic nitrogens is 1. The van der Waals surface area contributed by atoms with Crippen molar-refractivity contribution in [3.63, 3.8) is 0 Å². The molecule has 0 fully saturated rings. The van der Waals surface area contributed by atoms with Gasteiger partial charge in [0.15, 0.2) is 5.75 Å². The van der Waals surface area contributed by atoms with E-state index in [0.29, 0.717) is 40.3 Å². The van der Waals surface area contributed by atoms with Crippen molar-refractivity contribution in [3.05, 3.63) is 88.6 Å². The number of amides is 1. The minimum atomic E-state index is -0.492. The number of hydrogen-bond donors (Lipinski definition) is 2. The van der Waals surface area contributed by atoms with Crippen LogP contribution in [0.3, 0.4) is 0 Å². The van der Waals surface area contributed by atoms with Crippen LogP contribution in [0, 0.1) is 10.1 Å². The number of nitrogens with one attached hydrogen (secondary N) is 2. The first-order valence-electron chi connectivity index (χ1n) is 9.62. The molecule has 0 aliphatic heterocycles. The molecule has 2 N–H and O–H groups in total. The van der Waals surface area contributed by atoms with E-state index in [0.717, 1.165) is 5.75 Å². The summed E-state index contributed by atoms with van der Waals surface area (Å²) in [4.78, 5) is 26.5. The van der Waals surface area contributed by atoms with E-state index >= 15 is 0 Å². The first kappa shape index (κ1) is 20.0. The first-order chi connectivity index (χ1) is 15.0. The molecular weight excluding hydrogens is 398 g/mol. The smallest absolute Gasteiger partial charge is 0.270 e. The number of fused-ring (bicyclic) bond motifs is 1. The number of nitro benzene ring substituents is 1. The maximum Gasteiger partial charge on any atom is 0.270 e. The van der Waals surface area contributed by atoms with Crippen LogP contribution in [0.5, 0.6) is 17.2 Å². The number of para-hydroxylation sites is 2. The largest absolute Gasteiger partial charge is 0.494 e. The molecule has 0 saturated carbocycles. The second-order valence-electron chi connectivity index (χ2n) is 6.65. The van der Waals surface area contributed by atoms with Crippen LogP contribution >= 0.6 is 0 Å². The minimum absolute atomic E-state index is 0.0830. The Labute approximate surface area is 177 Å². The van der Waals surface area contributed by atoms with Gasteiger partial charge in [-0.15, -0.1) is 0 Å². The number of anilines is 1. The zero-order valence-corrected chi connectivity index (χ0v) is 16.6. The average Bonchev–Trinajstić information content (AvgIpc) is 3.20. The van der Waals surface area contributed by atoms with Crippen LogP contribution in [0.2, 0.25) is 0 Å². The third-order valence-corrected chi connectivity index (χ3v) is 4.62. The number of carbonyl (C=O) groups excluding carboxylic acids is 1. The van der Waals surface area contributed by atoms with E-state index in [1.807, 2.05) is 6.92 Å². The number of nitrogens with zero attached hydrogens (tertiary/aromatic N) is 1. The van der Waals surface area contributed by atoms with Crippen molar-refractivity contribution in [1.82, 2.24) is 4.98 Å². The van der Waals surface area contributed by atoms with Gasteiger partial charge in [-0.3, -0.25) is 14.9 Å². The van der Waals surface area contributed by atoms with E-state index in [2.05, 4.69) is 10.3 Å². The third-order valence-electron chi connectivity index (χ3n) is 4.62. The van der Waals surface area contributed by atoms with Gasteiger partial charge in [0.1, 0.15) is 11.5 Å². The maximum atomic E-state index is 12.9. The van der Waals surface area contributed by atoms with Crippen LogP contribution in [0.4, 0.5) is 11.4 Å². The van der Waals surface area contributed by atoms with Crippen molar-refractivity contribution in [2.24, 2.45) is 0 Å². The summed E-state index contributed by atoms with van der Waals surface area (Å²) < 4.78 is 11.4. The lowest BCUT2D eigenvalue weighted by Gasteiger charge is -2.12. The van der Waals surface area contributed by atoms with Crippen LogP contribution in [0.15, 0.2) is 72.9 Å². The standard InChI is InChI=1S/C23H19N3O5/c1-2-30-16-8-10-17(11-9-16)31-22-6-4-3-5-21(22)25-23(27)19-14-24-20-12-7-15(26(28)29)13-18(19)20/h3-14,24H,2H2,1H3,(H,25,27). The topological polar surface area (TPSA) is 106 Å². The van der Waals surface area contributed by atoms with Gasteiger partial charge in [0.05, 0.1) is 22.8 Å². The molecule has 4 rings (SSSR count). The lowest BCUT2D eigenvalue weighted by Crippen LogP contribution is -2.12. The molecule has 0 radical (unpaired) electrons. The highest BCUT2D eigenvalue weighted by Crippen LogP contribution is 2.31. The van der Waals surface area contributed by atoms with Gasteiger partial charge < -0.3 is 19.8 Å². The minimum Gasteiger partial charge on any atom is -0.494 e. The van der Waals surface area contributed by atoms with Gasteiger partial charge >= 0.3 is 0 Å². The second-order valence-corrected chi connectivity index (χ2v) is 6.65. The Kier molecular flexibility index (Phi) is 5.53. The fourth-order valence-corrected chi connectivity index (χ4v) is 3.16. The van der Waals surface area contributed by atoms with Crippen molar-refractivity contribution in [2.45, 2.75) is 6.92 Å². The third kappa shape index (κ3) is 4.32. The molecule has 0 spiro atoms. The Bertz CT molecular complexity index is 1250. The summed E-state index contributed by atoms with van der Waals surface area (Å²) in [6.07, 6.45) is 1.53. The number of carbonyl (C=O) groups is 1. The SMILES string of the molecule is CCOc1ccc(Oc2ccccc2NC(=O)c2c[nH]c3ccc([N+](=O)[O-])cc23)cc1. The van der Waals surface area contributed by atoms with E-state index in [9.17, 15) is 14.9 Å². The van der Waals surface area contributed by atoms with Gasteiger partial charge in [0.2, 0.25) is 0 Å². The van der Waals surface area contributed by atoms with Crippen LogP contribution in [0.1, 0.15) is 17.3 Å². The molecule has 0 saturated heterocycles. The molecule has 1 heterocycles. The molecule has 8 heteroatoms. The molecule has 156 valence electrons. The van der Waals surface area contributed by atoms with Gasteiger partial charge in [-0.25, -0.2) is 0 Å². The monoisotopic (exact) mass is 417 g/mol. The molecule has 0 aliphatic carbocycles. The molecular formula is C23H19N3O5. The highest BCUT2D eigenvalue weighted by Gasteiger charge is 2.17. The highest BCUT2D eigenvalue weighted by atomic mass is 16.6. The molecule has 0 unspecified atom stereocenters. The highest BCUT2D eigenvalue weighted by molar-refractivity contribution is 6.13. The van der Waals surface area contributed by atoms with Gasteiger partial charge in [0.25, 0.3) is 11.6 Å². The van der Waals surface area contributed by atoms with Crippen LogP contribution < -0.4 is 14.8 Å². The van der Waals surface area contributed by atoms with Gasteiger partial charge in [-0.05, 0) is 49.4 Å². The molecule has 3 aromatic carbocycles. The molecule has 8 nitrogen and oxygen atoms in total. The molecule has 0 aliphatic rings. The van der Waals surface area contributed by atoms with E-state index in [1.165, 1.54) is 18.3 Å². The zero-order valence-electron chi connectivity index (χ0n) is 16.6. The predicted molar refractivity (Wildman–Crippen MR) is 117 cm³/mol. The molecule has 0 bridgehead atoms. The number of rotatable bonds is 7. The summed E-state index contributed by atoms with van der Waals surface area (Å²) in [7, 11) is 0. The lowest BCUT2D eigenvalue weighted by molar-refractivity contribution is -0.384. The van der Waals surface area contributed by atoms with Crippen molar-refractivity contribution in [3.8, 4) is 17.2 Å². The summed E-state index contributed by atoms with van der Waals surface area (Å²) in [6.45, 7) is 2.49. The van der Waals surface area contributed by atoms with Crippen molar-refractivity contribution in [2.75, 3.05) is 11.9 Å². The molecule has 1 aromatic heterocycles. The van der Waals surface area contributed by atoms with E-state index in [1.54, 1.807) is 54.6 Å². The maximum absolute atomic E-state index is 12.9. The van der Waals surface area contributed by atoms with Crippen molar-refractivity contribution >= 4 is 28.2 Å². The number of H-pyrrole nitrogens is 1. The Morgan fingerprint density at radius 2 is 1.81 bits per heavy atom. The van der Waals surface area contributed by atoms with Gasteiger partial charge in [-0.2, -0.15) is 0 Å². The Hall–Kier alpha value is -4.33. The normalized spacial score (nSPS) is 10.6. The van der Waals surface area contributed by atoms with Crippen LogP contribution in [0.25, 0.3) is 10.9 Å². The van der Waals surface area contributed by atoms with Crippen LogP contribution in [-0.2, 0) is 0 Å². The molecule has 0 atom stereocenters. The average molecular weight is 417 g/mol. The lowest BCUT2D eigenvalue weighted by atomic mass is 10.1. The number of aromatic amines is 1. The quantitative estimate of drug-likeness (QED) is 0.304. The van der Waals surface area contributed by atoms with E-state index in [-0.39, 0.29) is 5.69 Å². The Balaban J connectivity index is 1.57. The molecule has 1 amide bonds. The number of hydrogen-bond acceptors (Lipinski definition) is 5. The summed E-state index contributed by atoms with van der Waals surface area (Å²) in [6, 6.07) is 18.6. The van der Waals surface area contributed by atoms with Crippen molar-refractivity contribution < 1.29 is 19.2 Å². The Morgan fingerprint density at radius 1 is 1.06 bits per heavy atom. The zero-order chi connectivity index (χ0) is 21.8. The number of ether oxygens (including phenoxy) is 2. The number of nitro groups is 1. The fourth-order valence-electron chi connectivity index (χ4n) is 3.16. The van der Waals surface area contributed by atoms with Gasteiger partial charge in [-0.1, -0.05) is 12.1 Å². The van der Waals surface area contributed by atoms with E-state index < -0.39 is 10.8 Å². The van der Waals surface area contributed by atoms with Crippen molar-refractivity contribution in [1.29, 1.82) is 0 Å². The summed E-state index contributed by atoms with van der Waals surface area (Å²) in [5.41, 5.74) is 1.32. The number of benzene rings is 3. The summed E-state index contributed by atoms with van der Waals surface area (Å²) in [5.74, 6) is 1.39. The second kappa shape index (κ2) is 8.58. The summed E-state index contributed by atoms with van der Waals surface area (Å²) in [5, 5.41) is 14.4. The fraction of sp³-hybridized carbons (Fsp3) is 0.0870. The first-order valence-corrected chi connectivity index (χ1v) is 9.62. The number of non-ortho nitro benzene ring substituents is 1. The summed E-state index contributed by atoms with van der Waals surface area (Å²) >= 11 is 0.